The molecule has 0 fully saturated rings. The number of nitrogens with zero attached hydrogens (tertiary/aromatic N) is 1. The monoisotopic (exact) mass is 524 g/mol. The Hall–Kier alpha value is -2.15. The van der Waals surface area contributed by atoms with Crippen LogP contribution in [0.5, 0.6) is 0 Å². The predicted octanol–water partition coefficient (Wildman–Crippen LogP) is 6.80. The van der Waals surface area contributed by atoms with Gasteiger partial charge < -0.3 is 19.5 Å². The summed E-state index contributed by atoms with van der Waals surface area (Å²) in [7, 11) is -4.49. The number of para-hydroxylation sites is 1. The highest BCUT2D eigenvalue weighted by Crippen LogP contribution is 2.62. The second kappa shape index (κ2) is 11.1. The molecule has 3 N–H and O–H groups in total. The quantitative estimate of drug-likeness (QED) is 0.251. The maximum Gasteiger partial charge on any atom is 0.336 e. The van der Waals surface area contributed by atoms with E-state index in [9.17, 15) is 19.1 Å². The van der Waals surface area contributed by atoms with E-state index < -0.39 is 12.8 Å². The van der Waals surface area contributed by atoms with Gasteiger partial charge in [-0.1, -0.05) is 55.8 Å². The Bertz CT molecular complexity index is 1190. The van der Waals surface area contributed by atoms with Crippen molar-refractivity contribution in [3.8, 4) is 11.3 Å². The van der Waals surface area contributed by atoms with Gasteiger partial charge in [0, 0.05) is 29.1 Å². The lowest BCUT2D eigenvalue weighted by atomic mass is 9.91. The van der Waals surface area contributed by atoms with E-state index in [4.69, 9.17) is 27.6 Å². The largest absolute Gasteiger partial charge is 0.432 e. The van der Waals surface area contributed by atoms with Crippen LogP contribution in [0, 0.1) is 0 Å². The van der Waals surface area contributed by atoms with Crippen molar-refractivity contribution in [2.75, 3.05) is 5.32 Å². The molecule has 182 valence electrons. The number of aryl methyl sites for hydroxylation is 1. The van der Waals surface area contributed by atoms with Gasteiger partial charge in [-0.05, 0) is 54.6 Å². The highest BCUT2D eigenvalue weighted by atomic mass is 35.5. The number of hydrogen-bond acceptors (Lipinski definition) is 4. The Morgan fingerprint density at radius 2 is 1.74 bits per heavy atom. The molecule has 3 aromatic rings. The van der Waals surface area contributed by atoms with Crippen LogP contribution >= 0.6 is 30.8 Å². The molecular weight excluding hydrogens is 498 g/mol. The lowest BCUT2D eigenvalue weighted by Gasteiger charge is -2.34. The van der Waals surface area contributed by atoms with E-state index in [2.05, 4.69) is 10.3 Å². The lowest BCUT2D eigenvalue weighted by molar-refractivity contribution is -0.116. The van der Waals surface area contributed by atoms with Gasteiger partial charge in [-0.15, -0.1) is 0 Å². The van der Waals surface area contributed by atoms with Gasteiger partial charge in [0.2, 0.25) is 5.91 Å². The van der Waals surface area contributed by atoms with Crippen molar-refractivity contribution in [1.29, 1.82) is 0 Å². The summed E-state index contributed by atoms with van der Waals surface area (Å²) in [4.78, 5) is 37.2. The van der Waals surface area contributed by atoms with E-state index in [1.54, 1.807) is 50.2 Å². The first-order valence-electron chi connectivity index (χ1n) is 11.0. The van der Waals surface area contributed by atoms with E-state index in [0.717, 1.165) is 5.56 Å². The van der Waals surface area contributed by atoms with Gasteiger partial charge in [0.15, 0.2) is 0 Å². The molecule has 34 heavy (non-hydrogen) atoms. The van der Waals surface area contributed by atoms with Crippen LogP contribution in [-0.4, -0.2) is 20.7 Å². The normalized spacial score (nSPS) is 12.1. The van der Waals surface area contributed by atoms with Crippen molar-refractivity contribution in [3.63, 3.8) is 0 Å². The van der Waals surface area contributed by atoms with Crippen molar-refractivity contribution in [2.45, 2.75) is 51.1 Å². The molecule has 0 unspecified atom stereocenters. The minimum atomic E-state index is -4.49. The van der Waals surface area contributed by atoms with Crippen LogP contribution in [0.4, 0.5) is 5.69 Å². The molecule has 1 amide bonds. The summed E-state index contributed by atoms with van der Waals surface area (Å²) in [6, 6.07) is 13.9. The summed E-state index contributed by atoms with van der Waals surface area (Å²) in [6.07, 6.45) is 1.54. The SMILES string of the molecule is CCC(CC)(c1ccccc1NC(=O)CCCc1oc(Cl)nc1-c1ccc(Cl)cc1)P(=O)(O)O. The number of benzene rings is 2. The van der Waals surface area contributed by atoms with Gasteiger partial charge in [0.05, 0.1) is 5.16 Å². The topological polar surface area (TPSA) is 113 Å². The summed E-state index contributed by atoms with van der Waals surface area (Å²) < 4.78 is 17.9. The van der Waals surface area contributed by atoms with Crippen LogP contribution in [0.2, 0.25) is 10.4 Å². The maximum atomic E-state index is 12.7. The number of nitrogens with one attached hydrogen (secondary N) is 1. The highest BCUT2D eigenvalue weighted by molar-refractivity contribution is 7.53. The number of oxazole rings is 1. The number of carbonyl (C=O) groups is 1. The van der Waals surface area contributed by atoms with E-state index in [1.807, 2.05) is 12.1 Å². The van der Waals surface area contributed by atoms with Crippen LogP contribution in [0.3, 0.4) is 0 Å². The first-order valence-corrected chi connectivity index (χ1v) is 13.3. The standard InChI is InChI=1S/C24H27Cl2N2O5P/c1-3-24(4-2,34(30,31)32)18-8-5-6-9-19(18)27-21(29)11-7-10-20-22(28-23(26)33-20)16-12-14-17(25)15-13-16/h5-6,8-9,12-15H,3-4,7,10-11H2,1-2H3,(H,27,29)(H2,30,31,32). The maximum absolute atomic E-state index is 12.7. The number of rotatable bonds is 10. The number of aromatic nitrogens is 1. The fraction of sp³-hybridized carbons (Fsp3) is 0.333. The zero-order chi connectivity index (χ0) is 24.9. The van der Waals surface area contributed by atoms with Gasteiger partial charge in [0.1, 0.15) is 11.5 Å². The molecule has 0 saturated carbocycles. The number of amides is 1. The second-order valence-electron chi connectivity index (χ2n) is 7.98. The third-order valence-corrected chi connectivity index (χ3v) is 8.43. The molecule has 10 heteroatoms. The summed E-state index contributed by atoms with van der Waals surface area (Å²) in [5, 5.41) is 2.09. The smallest absolute Gasteiger partial charge is 0.336 e. The molecule has 0 atom stereocenters. The molecule has 0 radical (unpaired) electrons. The van der Waals surface area contributed by atoms with E-state index in [0.29, 0.717) is 40.6 Å². The summed E-state index contributed by atoms with van der Waals surface area (Å²) in [5.74, 6) is 0.302. The number of hydrogen-bond donors (Lipinski definition) is 3. The molecule has 0 aliphatic carbocycles. The molecular formula is C24H27Cl2N2O5P. The van der Waals surface area contributed by atoms with Crippen LogP contribution in [0.1, 0.15) is 50.9 Å². The van der Waals surface area contributed by atoms with Crippen LogP contribution in [0.15, 0.2) is 52.9 Å². The number of halogens is 2. The molecule has 0 aliphatic heterocycles. The molecule has 0 saturated heterocycles. The van der Waals surface area contributed by atoms with Crippen molar-refractivity contribution in [1.82, 2.24) is 4.98 Å². The minimum Gasteiger partial charge on any atom is -0.432 e. The summed E-state index contributed by atoms with van der Waals surface area (Å²) >= 11 is 11.9. The molecule has 0 spiro atoms. The minimum absolute atomic E-state index is 0.0197. The van der Waals surface area contributed by atoms with E-state index >= 15 is 0 Å². The molecule has 3 rings (SSSR count). The van der Waals surface area contributed by atoms with E-state index in [-0.39, 0.29) is 30.5 Å². The third-order valence-electron chi connectivity index (χ3n) is 6.03. The summed E-state index contributed by atoms with van der Waals surface area (Å²) in [5.41, 5.74) is 2.25. The summed E-state index contributed by atoms with van der Waals surface area (Å²) in [6.45, 7) is 3.48. The predicted molar refractivity (Wildman–Crippen MR) is 134 cm³/mol. The van der Waals surface area contributed by atoms with Crippen LogP contribution in [-0.2, 0) is 20.9 Å². The average Bonchev–Trinajstić information content (AvgIpc) is 3.16. The second-order valence-corrected chi connectivity index (χ2v) is 10.7. The Morgan fingerprint density at radius 1 is 1.09 bits per heavy atom. The average molecular weight is 525 g/mol. The zero-order valence-electron chi connectivity index (χ0n) is 18.9. The fourth-order valence-electron chi connectivity index (χ4n) is 4.15. The van der Waals surface area contributed by atoms with Crippen molar-refractivity contribution in [2.24, 2.45) is 0 Å². The Balaban J connectivity index is 1.71. The molecule has 1 heterocycles. The molecule has 1 aromatic heterocycles. The Morgan fingerprint density at radius 3 is 2.35 bits per heavy atom. The first-order chi connectivity index (χ1) is 16.1. The van der Waals surface area contributed by atoms with Gasteiger partial charge in [-0.25, -0.2) is 0 Å². The number of anilines is 1. The highest BCUT2D eigenvalue weighted by Gasteiger charge is 2.46. The molecule has 2 aromatic carbocycles. The lowest BCUT2D eigenvalue weighted by Crippen LogP contribution is -2.27. The third kappa shape index (κ3) is 5.73. The Labute approximate surface area is 208 Å². The van der Waals surface area contributed by atoms with Crippen molar-refractivity contribution >= 4 is 42.4 Å². The van der Waals surface area contributed by atoms with Gasteiger partial charge in [-0.3, -0.25) is 9.36 Å². The van der Waals surface area contributed by atoms with Crippen molar-refractivity contribution in [3.05, 3.63) is 70.2 Å². The molecule has 7 nitrogen and oxygen atoms in total. The molecule has 0 aliphatic rings. The van der Waals surface area contributed by atoms with Crippen LogP contribution in [0.25, 0.3) is 11.3 Å². The first kappa shape index (κ1) is 26.5. The van der Waals surface area contributed by atoms with E-state index in [1.165, 1.54) is 0 Å². The van der Waals surface area contributed by atoms with Gasteiger partial charge in [0.25, 0.3) is 5.35 Å². The Kier molecular flexibility index (Phi) is 8.61. The van der Waals surface area contributed by atoms with Crippen LogP contribution < -0.4 is 5.32 Å². The fourth-order valence-corrected chi connectivity index (χ4v) is 5.78. The molecule has 0 bridgehead atoms. The zero-order valence-corrected chi connectivity index (χ0v) is 21.3. The van der Waals surface area contributed by atoms with Gasteiger partial charge >= 0.3 is 7.60 Å². The van der Waals surface area contributed by atoms with Crippen molar-refractivity contribution < 1.29 is 23.6 Å². The number of carbonyl (C=O) groups excluding carboxylic acids is 1. The van der Waals surface area contributed by atoms with Gasteiger partial charge in [-0.2, -0.15) is 4.98 Å².